The molecule has 5 heteroatoms. The van der Waals surface area contributed by atoms with E-state index in [1.807, 2.05) is 24.3 Å². The van der Waals surface area contributed by atoms with E-state index < -0.39 is 5.82 Å². The van der Waals surface area contributed by atoms with Crippen LogP contribution in [0.4, 0.5) is 4.39 Å². The monoisotopic (exact) mass is 350 g/mol. The number of amides is 1. The molecule has 1 amide bonds. The molecule has 2 aromatic rings. The zero-order valence-electron chi connectivity index (χ0n) is 11.4. The predicted octanol–water partition coefficient (Wildman–Crippen LogP) is 3.02. The molecule has 0 unspecified atom stereocenters. The Balaban J connectivity index is 1.99. The summed E-state index contributed by atoms with van der Waals surface area (Å²) in [5.41, 5.74) is 7.93. The smallest absolute Gasteiger partial charge is 0.252 e. The van der Waals surface area contributed by atoms with Crippen LogP contribution in [0.5, 0.6) is 0 Å². The molecule has 0 radical (unpaired) electrons. The molecule has 0 aliphatic carbocycles. The lowest BCUT2D eigenvalue weighted by atomic mass is 10.1. The fourth-order valence-corrected chi connectivity index (χ4v) is 2.39. The normalized spacial score (nSPS) is 10.4. The summed E-state index contributed by atoms with van der Waals surface area (Å²) < 4.78 is 13.6. The second-order valence-electron chi connectivity index (χ2n) is 4.64. The summed E-state index contributed by atoms with van der Waals surface area (Å²) in [6.07, 6.45) is 0.836. The molecule has 0 spiro atoms. The molecule has 0 aliphatic rings. The molecule has 0 bridgehead atoms. The molecule has 110 valence electrons. The van der Waals surface area contributed by atoms with E-state index in [4.69, 9.17) is 5.73 Å². The molecule has 0 aliphatic heterocycles. The van der Waals surface area contributed by atoms with Crippen molar-refractivity contribution in [2.24, 2.45) is 5.73 Å². The standard InChI is InChI=1S/C16H16BrFN2O/c17-15-13(2-1-3-14(15)18)16(21)20-10-12-6-4-11(5-7-12)8-9-19/h1-7H,8-10,19H2,(H,20,21). The highest BCUT2D eigenvalue weighted by Crippen LogP contribution is 2.20. The number of hydrogen-bond donors (Lipinski definition) is 2. The van der Waals surface area contributed by atoms with Gasteiger partial charge in [-0.05, 0) is 52.2 Å². The highest BCUT2D eigenvalue weighted by molar-refractivity contribution is 9.10. The molecule has 2 aromatic carbocycles. The summed E-state index contributed by atoms with van der Waals surface area (Å²) in [5.74, 6) is -0.763. The summed E-state index contributed by atoms with van der Waals surface area (Å²) in [4.78, 5) is 12.0. The topological polar surface area (TPSA) is 55.1 Å². The predicted molar refractivity (Wildman–Crippen MR) is 84.5 cm³/mol. The van der Waals surface area contributed by atoms with Crippen LogP contribution in [0.15, 0.2) is 46.9 Å². The van der Waals surface area contributed by atoms with Crippen LogP contribution in [0.1, 0.15) is 21.5 Å². The van der Waals surface area contributed by atoms with Gasteiger partial charge in [-0.1, -0.05) is 30.3 Å². The highest BCUT2D eigenvalue weighted by atomic mass is 79.9. The highest BCUT2D eigenvalue weighted by Gasteiger charge is 2.12. The first-order valence-electron chi connectivity index (χ1n) is 6.62. The lowest BCUT2D eigenvalue weighted by Gasteiger charge is -2.08. The zero-order valence-corrected chi connectivity index (χ0v) is 13.0. The second-order valence-corrected chi connectivity index (χ2v) is 5.43. The maximum Gasteiger partial charge on any atom is 0.252 e. The maximum absolute atomic E-state index is 13.4. The molecule has 0 fully saturated rings. The maximum atomic E-state index is 13.4. The van der Waals surface area contributed by atoms with Crippen molar-refractivity contribution >= 4 is 21.8 Å². The van der Waals surface area contributed by atoms with Crippen molar-refractivity contribution in [3.05, 3.63) is 69.4 Å². The molecular weight excluding hydrogens is 335 g/mol. The molecule has 3 N–H and O–H groups in total. The number of halogens is 2. The molecule has 0 aromatic heterocycles. The van der Waals surface area contributed by atoms with Crippen molar-refractivity contribution in [2.45, 2.75) is 13.0 Å². The van der Waals surface area contributed by atoms with Crippen LogP contribution < -0.4 is 11.1 Å². The van der Waals surface area contributed by atoms with Gasteiger partial charge in [-0.3, -0.25) is 4.79 Å². The number of carbonyl (C=O) groups excluding carboxylic acids is 1. The van der Waals surface area contributed by atoms with Crippen molar-refractivity contribution in [3.8, 4) is 0 Å². The third-order valence-corrected chi connectivity index (χ3v) is 3.91. The van der Waals surface area contributed by atoms with Crippen LogP contribution in [0, 0.1) is 5.82 Å². The summed E-state index contributed by atoms with van der Waals surface area (Å²) >= 11 is 3.09. The molecule has 0 saturated heterocycles. The molecule has 0 heterocycles. The van der Waals surface area contributed by atoms with Crippen LogP contribution in [0.2, 0.25) is 0 Å². The van der Waals surface area contributed by atoms with Crippen LogP contribution in [0.25, 0.3) is 0 Å². The average Bonchev–Trinajstić information content (AvgIpc) is 2.49. The third-order valence-electron chi connectivity index (χ3n) is 3.11. The van der Waals surface area contributed by atoms with Crippen molar-refractivity contribution in [2.75, 3.05) is 6.54 Å². The Morgan fingerprint density at radius 3 is 2.48 bits per heavy atom. The van der Waals surface area contributed by atoms with Gasteiger partial charge in [0.05, 0.1) is 10.0 Å². The van der Waals surface area contributed by atoms with Crippen LogP contribution in [0.3, 0.4) is 0 Å². The van der Waals surface area contributed by atoms with Gasteiger partial charge in [0.2, 0.25) is 0 Å². The first-order valence-corrected chi connectivity index (χ1v) is 7.41. The van der Waals surface area contributed by atoms with E-state index in [2.05, 4.69) is 21.2 Å². The largest absolute Gasteiger partial charge is 0.348 e. The summed E-state index contributed by atoms with van der Waals surface area (Å²) in [5, 5.41) is 2.77. The van der Waals surface area contributed by atoms with E-state index in [0.29, 0.717) is 13.1 Å². The Morgan fingerprint density at radius 1 is 1.14 bits per heavy atom. The number of carbonyl (C=O) groups is 1. The van der Waals surface area contributed by atoms with E-state index in [-0.39, 0.29) is 15.9 Å². The fourth-order valence-electron chi connectivity index (χ4n) is 1.95. The lowest BCUT2D eigenvalue weighted by molar-refractivity contribution is 0.0949. The van der Waals surface area contributed by atoms with Gasteiger partial charge in [-0.2, -0.15) is 0 Å². The average molecular weight is 351 g/mol. The molecule has 21 heavy (non-hydrogen) atoms. The summed E-state index contributed by atoms with van der Waals surface area (Å²) in [6, 6.07) is 12.3. The van der Waals surface area contributed by atoms with Gasteiger partial charge in [0.1, 0.15) is 5.82 Å². The van der Waals surface area contributed by atoms with E-state index in [0.717, 1.165) is 12.0 Å². The van der Waals surface area contributed by atoms with Crippen LogP contribution in [-0.2, 0) is 13.0 Å². The molecule has 3 nitrogen and oxygen atoms in total. The Bertz CT molecular complexity index is 629. The Morgan fingerprint density at radius 2 is 1.81 bits per heavy atom. The lowest BCUT2D eigenvalue weighted by Crippen LogP contribution is -2.23. The minimum absolute atomic E-state index is 0.181. The number of nitrogens with two attached hydrogens (primary N) is 1. The quantitative estimate of drug-likeness (QED) is 0.870. The van der Waals surface area contributed by atoms with Crippen molar-refractivity contribution in [1.82, 2.24) is 5.32 Å². The SMILES string of the molecule is NCCc1ccc(CNC(=O)c2cccc(F)c2Br)cc1. The van der Waals surface area contributed by atoms with Gasteiger partial charge in [-0.25, -0.2) is 4.39 Å². The van der Waals surface area contributed by atoms with Crippen LogP contribution in [-0.4, -0.2) is 12.5 Å². The molecule has 0 atom stereocenters. The number of rotatable bonds is 5. The van der Waals surface area contributed by atoms with Gasteiger partial charge in [0, 0.05) is 6.54 Å². The van der Waals surface area contributed by atoms with Gasteiger partial charge in [-0.15, -0.1) is 0 Å². The number of hydrogen-bond acceptors (Lipinski definition) is 2. The van der Waals surface area contributed by atoms with Crippen molar-refractivity contribution in [1.29, 1.82) is 0 Å². The Labute approximate surface area is 131 Å². The van der Waals surface area contributed by atoms with Gasteiger partial charge < -0.3 is 11.1 Å². The van der Waals surface area contributed by atoms with Crippen molar-refractivity contribution < 1.29 is 9.18 Å². The van der Waals surface area contributed by atoms with E-state index >= 15 is 0 Å². The molecular formula is C16H16BrFN2O. The van der Waals surface area contributed by atoms with Crippen molar-refractivity contribution in [3.63, 3.8) is 0 Å². The summed E-state index contributed by atoms with van der Waals surface area (Å²) in [6.45, 7) is 1.01. The fraction of sp³-hybridized carbons (Fsp3) is 0.188. The Kier molecular flexibility index (Phi) is 5.47. The van der Waals surface area contributed by atoms with E-state index in [9.17, 15) is 9.18 Å². The van der Waals surface area contributed by atoms with E-state index in [1.54, 1.807) is 6.07 Å². The van der Waals surface area contributed by atoms with Gasteiger partial charge in [0.25, 0.3) is 5.91 Å². The minimum atomic E-state index is -0.450. The van der Waals surface area contributed by atoms with Crippen LogP contribution >= 0.6 is 15.9 Å². The first kappa shape index (κ1) is 15.7. The summed E-state index contributed by atoms with van der Waals surface area (Å²) in [7, 11) is 0. The molecule has 0 saturated carbocycles. The van der Waals surface area contributed by atoms with E-state index in [1.165, 1.54) is 17.7 Å². The zero-order chi connectivity index (χ0) is 15.2. The Hall–Kier alpha value is -1.72. The second kappa shape index (κ2) is 7.33. The number of nitrogens with one attached hydrogen (secondary N) is 1. The minimum Gasteiger partial charge on any atom is -0.348 e. The molecule has 2 rings (SSSR count). The van der Waals surface area contributed by atoms with Gasteiger partial charge in [0.15, 0.2) is 0 Å². The number of benzene rings is 2. The third kappa shape index (κ3) is 4.12. The van der Waals surface area contributed by atoms with Gasteiger partial charge >= 0.3 is 0 Å². The first-order chi connectivity index (χ1) is 10.1.